The van der Waals surface area contributed by atoms with Crippen LogP contribution in [0.15, 0.2) is 22.7 Å². The second-order valence-corrected chi connectivity index (χ2v) is 3.95. The highest BCUT2D eigenvalue weighted by Gasteiger charge is 2.41. The van der Waals surface area contributed by atoms with E-state index < -0.39 is 19.0 Å². The predicted octanol–water partition coefficient (Wildman–Crippen LogP) is 3.31. The molecule has 0 heterocycles. The summed E-state index contributed by atoms with van der Waals surface area (Å²) in [4.78, 5) is 0. The average Bonchev–Trinajstić information content (AvgIpc) is 2.16. The molecule has 0 radical (unpaired) electrons. The van der Waals surface area contributed by atoms with Crippen LogP contribution >= 0.6 is 15.9 Å². The summed E-state index contributed by atoms with van der Waals surface area (Å²) in [6, 6.07) is 4.25. The van der Waals surface area contributed by atoms with Gasteiger partial charge in [0.05, 0.1) is 5.69 Å². The molecule has 0 fully saturated rings. The molecule has 0 aliphatic carbocycles. The van der Waals surface area contributed by atoms with E-state index in [0.717, 1.165) is 0 Å². The van der Waals surface area contributed by atoms with E-state index in [4.69, 9.17) is 5.73 Å². The zero-order chi connectivity index (χ0) is 12.3. The minimum atomic E-state index is -4.18. The van der Waals surface area contributed by atoms with E-state index in [1.54, 1.807) is 0 Å². The van der Waals surface area contributed by atoms with E-state index in [1.807, 2.05) is 0 Å². The van der Waals surface area contributed by atoms with Crippen LogP contribution in [0, 0.1) is 0 Å². The van der Waals surface area contributed by atoms with Gasteiger partial charge in [-0.1, -0.05) is 15.9 Å². The lowest BCUT2D eigenvalue weighted by Gasteiger charge is -2.16. The van der Waals surface area contributed by atoms with Crippen LogP contribution in [-0.2, 0) is 0 Å². The van der Waals surface area contributed by atoms with Crippen LogP contribution in [0.25, 0.3) is 0 Å². The van der Waals surface area contributed by atoms with Gasteiger partial charge < -0.3 is 10.5 Å². The molecule has 0 aliphatic heterocycles. The van der Waals surface area contributed by atoms with Crippen LogP contribution in [0.2, 0.25) is 0 Å². The summed E-state index contributed by atoms with van der Waals surface area (Å²) >= 11 is 3.11. The summed E-state index contributed by atoms with van der Waals surface area (Å²) in [7, 11) is 0. The van der Waals surface area contributed by atoms with Crippen molar-refractivity contribution in [2.75, 3.05) is 12.3 Å². The number of ether oxygens (including phenoxy) is 1. The Morgan fingerprint density at radius 3 is 2.50 bits per heavy atom. The van der Waals surface area contributed by atoms with Gasteiger partial charge in [-0.05, 0) is 18.2 Å². The normalized spacial score (nSPS) is 11.9. The van der Waals surface area contributed by atoms with Crippen LogP contribution in [0.4, 0.5) is 23.2 Å². The Bertz CT molecular complexity index is 373. The number of nitrogen functional groups attached to an aromatic ring is 1. The van der Waals surface area contributed by atoms with Gasteiger partial charge in [0.25, 0.3) is 0 Å². The fraction of sp³-hybridized carbons (Fsp3) is 0.333. The maximum Gasteiger partial charge on any atom is 0.340 e. The first-order chi connectivity index (χ1) is 7.33. The van der Waals surface area contributed by atoms with Gasteiger partial charge >= 0.3 is 12.3 Å². The Morgan fingerprint density at radius 1 is 1.38 bits per heavy atom. The summed E-state index contributed by atoms with van der Waals surface area (Å²) in [6.45, 7) is -1.41. The van der Waals surface area contributed by atoms with E-state index in [1.165, 1.54) is 18.2 Å². The van der Waals surface area contributed by atoms with Crippen molar-refractivity contribution in [2.24, 2.45) is 0 Å². The molecule has 0 amide bonds. The maximum absolute atomic E-state index is 12.5. The Balaban J connectivity index is 2.68. The third-order valence-corrected chi connectivity index (χ3v) is 2.20. The average molecular weight is 302 g/mol. The number of alkyl halides is 4. The molecule has 0 aliphatic rings. The quantitative estimate of drug-likeness (QED) is 0.684. The topological polar surface area (TPSA) is 35.2 Å². The molecule has 1 aromatic rings. The fourth-order valence-corrected chi connectivity index (χ4v) is 1.27. The molecule has 90 valence electrons. The third-order valence-electron chi connectivity index (χ3n) is 1.71. The lowest BCUT2D eigenvalue weighted by Crippen LogP contribution is -2.33. The van der Waals surface area contributed by atoms with Crippen LogP contribution in [-0.4, -0.2) is 19.0 Å². The van der Waals surface area contributed by atoms with Crippen LogP contribution in [0.1, 0.15) is 0 Å². The van der Waals surface area contributed by atoms with Crippen molar-refractivity contribution >= 4 is 21.6 Å². The molecular weight excluding hydrogens is 294 g/mol. The molecule has 0 atom stereocenters. The van der Waals surface area contributed by atoms with Gasteiger partial charge in [0, 0.05) is 4.47 Å². The smallest absolute Gasteiger partial charge is 0.340 e. The summed E-state index contributed by atoms with van der Waals surface area (Å²) in [5, 5.41) is 0. The van der Waals surface area contributed by atoms with Crippen molar-refractivity contribution in [3.05, 3.63) is 22.7 Å². The van der Waals surface area contributed by atoms with E-state index in [0.29, 0.717) is 4.47 Å². The SMILES string of the molecule is Nc1cc(Br)ccc1OCC(F)(F)C(F)F. The van der Waals surface area contributed by atoms with Gasteiger partial charge in [-0.15, -0.1) is 0 Å². The Kier molecular flexibility index (Phi) is 4.01. The molecule has 0 bridgehead atoms. The number of benzene rings is 1. The highest BCUT2D eigenvalue weighted by atomic mass is 79.9. The lowest BCUT2D eigenvalue weighted by atomic mass is 10.3. The van der Waals surface area contributed by atoms with Crippen molar-refractivity contribution in [3.63, 3.8) is 0 Å². The number of halogens is 5. The van der Waals surface area contributed by atoms with E-state index in [2.05, 4.69) is 20.7 Å². The molecule has 7 heteroatoms. The molecule has 0 saturated heterocycles. The molecule has 1 aromatic carbocycles. The van der Waals surface area contributed by atoms with Crippen molar-refractivity contribution in [1.82, 2.24) is 0 Å². The maximum atomic E-state index is 12.5. The van der Waals surface area contributed by atoms with Crippen LogP contribution < -0.4 is 10.5 Å². The first kappa shape index (κ1) is 13.1. The zero-order valence-electron chi connectivity index (χ0n) is 7.89. The van der Waals surface area contributed by atoms with E-state index in [9.17, 15) is 17.6 Å². The van der Waals surface area contributed by atoms with E-state index in [-0.39, 0.29) is 11.4 Å². The third kappa shape index (κ3) is 3.26. The summed E-state index contributed by atoms with van der Waals surface area (Å²) in [6.07, 6.45) is -3.76. The summed E-state index contributed by atoms with van der Waals surface area (Å²) in [5.74, 6) is -4.23. The molecule has 0 aromatic heterocycles. The van der Waals surface area contributed by atoms with Gasteiger partial charge in [0.15, 0.2) is 6.61 Å². The zero-order valence-corrected chi connectivity index (χ0v) is 9.48. The van der Waals surface area contributed by atoms with Gasteiger partial charge in [0.1, 0.15) is 5.75 Å². The minimum absolute atomic E-state index is 0.0523. The molecule has 2 N–H and O–H groups in total. The number of anilines is 1. The fourth-order valence-electron chi connectivity index (χ4n) is 0.888. The highest BCUT2D eigenvalue weighted by molar-refractivity contribution is 9.10. The Hall–Kier alpha value is -0.980. The van der Waals surface area contributed by atoms with Crippen LogP contribution in [0.5, 0.6) is 5.75 Å². The number of hydrogen-bond acceptors (Lipinski definition) is 2. The number of nitrogens with two attached hydrogens (primary N) is 1. The van der Waals surface area contributed by atoms with E-state index >= 15 is 0 Å². The Morgan fingerprint density at radius 2 is 2.00 bits per heavy atom. The molecule has 16 heavy (non-hydrogen) atoms. The van der Waals surface area contributed by atoms with Gasteiger partial charge in [-0.3, -0.25) is 0 Å². The molecule has 0 unspecified atom stereocenters. The van der Waals surface area contributed by atoms with Crippen molar-refractivity contribution in [2.45, 2.75) is 12.3 Å². The molecule has 0 saturated carbocycles. The largest absolute Gasteiger partial charge is 0.485 e. The molecule has 2 nitrogen and oxygen atoms in total. The highest BCUT2D eigenvalue weighted by Crippen LogP contribution is 2.28. The van der Waals surface area contributed by atoms with Gasteiger partial charge in [-0.25, -0.2) is 8.78 Å². The first-order valence-electron chi connectivity index (χ1n) is 4.17. The van der Waals surface area contributed by atoms with Crippen molar-refractivity contribution in [1.29, 1.82) is 0 Å². The minimum Gasteiger partial charge on any atom is -0.485 e. The molecular formula is C9H8BrF4NO. The van der Waals surface area contributed by atoms with Gasteiger partial charge in [-0.2, -0.15) is 8.78 Å². The van der Waals surface area contributed by atoms with Crippen LogP contribution in [0.3, 0.4) is 0 Å². The lowest BCUT2D eigenvalue weighted by molar-refractivity contribution is -0.148. The number of rotatable bonds is 4. The van der Waals surface area contributed by atoms with Gasteiger partial charge in [0.2, 0.25) is 0 Å². The summed E-state index contributed by atoms with van der Waals surface area (Å²) < 4.78 is 53.8. The molecule has 1 rings (SSSR count). The monoisotopic (exact) mass is 301 g/mol. The van der Waals surface area contributed by atoms with Crippen molar-refractivity contribution in [3.8, 4) is 5.75 Å². The first-order valence-corrected chi connectivity index (χ1v) is 4.96. The predicted molar refractivity (Wildman–Crippen MR) is 55.0 cm³/mol. The molecule has 0 spiro atoms. The van der Waals surface area contributed by atoms with Crippen molar-refractivity contribution < 1.29 is 22.3 Å². The second-order valence-electron chi connectivity index (χ2n) is 3.03. The standard InChI is InChI=1S/C9H8BrF4NO/c10-5-1-2-7(6(15)3-5)16-4-9(13,14)8(11)12/h1-3,8H,4,15H2. The number of hydrogen-bond donors (Lipinski definition) is 1. The second kappa shape index (κ2) is 4.90. The Labute approximate surface area is 97.5 Å². The summed E-state index contributed by atoms with van der Waals surface area (Å²) in [5.41, 5.74) is 5.54.